The van der Waals surface area contributed by atoms with Gasteiger partial charge in [0.05, 0.1) is 12.5 Å². The van der Waals surface area contributed by atoms with Crippen molar-refractivity contribution < 1.29 is 13.9 Å². The highest BCUT2D eigenvalue weighted by molar-refractivity contribution is 5.95. The van der Waals surface area contributed by atoms with Crippen LogP contribution in [-0.2, 0) is 16.6 Å². The van der Waals surface area contributed by atoms with Crippen LogP contribution in [0.3, 0.4) is 0 Å². The zero-order chi connectivity index (χ0) is 18.7. The number of aromatic nitrogens is 1. The second-order valence-corrected chi connectivity index (χ2v) is 6.84. The number of H-pyrrole nitrogens is 1. The second kappa shape index (κ2) is 7.20. The molecule has 0 saturated carbocycles. The van der Waals surface area contributed by atoms with Crippen LogP contribution in [0.5, 0.6) is 5.75 Å². The van der Waals surface area contributed by atoms with Gasteiger partial charge in [0.15, 0.2) is 0 Å². The van der Waals surface area contributed by atoms with Gasteiger partial charge in [0.25, 0.3) is 0 Å². The summed E-state index contributed by atoms with van der Waals surface area (Å²) in [7, 11) is 1.62. The fraction of sp³-hybridized carbons (Fsp3) is 0.286. The van der Waals surface area contributed by atoms with Gasteiger partial charge < -0.3 is 15.0 Å². The molecule has 0 saturated heterocycles. The fourth-order valence-electron chi connectivity index (χ4n) is 3.10. The minimum absolute atomic E-state index is 0.0995. The smallest absolute Gasteiger partial charge is 0.230 e. The van der Waals surface area contributed by atoms with Crippen LogP contribution in [0.4, 0.5) is 4.39 Å². The number of nitrogens with one attached hydrogen (secondary N) is 2. The number of aromatic amines is 1. The van der Waals surface area contributed by atoms with E-state index in [0.29, 0.717) is 18.5 Å². The second-order valence-electron chi connectivity index (χ2n) is 6.84. The number of methoxy groups -OCH3 is 1. The Morgan fingerprint density at radius 3 is 2.73 bits per heavy atom. The van der Waals surface area contributed by atoms with Crippen molar-refractivity contribution in [3.8, 4) is 5.75 Å². The molecule has 0 radical (unpaired) electrons. The highest BCUT2D eigenvalue weighted by Crippen LogP contribution is 2.32. The number of halogens is 1. The summed E-state index contributed by atoms with van der Waals surface area (Å²) in [6, 6.07) is 12.4. The van der Waals surface area contributed by atoms with Crippen molar-refractivity contribution in [3.05, 3.63) is 65.6 Å². The number of ether oxygens (including phenoxy) is 1. The summed E-state index contributed by atoms with van der Waals surface area (Å²) < 4.78 is 19.0. The van der Waals surface area contributed by atoms with Crippen molar-refractivity contribution in [2.75, 3.05) is 13.7 Å². The summed E-state index contributed by atoms with van der Waals surface area (Å²) in [5.74, 6) is 0.399. The molecular formula is C21H23FN2O2. The van der Waals surface area contributed by atoms with E-state index in [2.05, 4.69) is 10.3 Å². The first-order valence-electron chi connectivity index (χ1n) is 8.61. The minimum Gasteiger partial charge on any atom is -0.497 e. The molecule has 2 aromatic carbocycles. The maximum Gasteiger partial charge on any atom is 0.230 e. The molecule has 5 heteroatoms. The molecule has 0 bridgehead atoms. The zero-order valence-electron chi connectivity index (χ0n) is 15.2. The van der Waals surface area contributed by atoms with E-state index in [1.165, 1.54) is 6.07 Å². The topological polar surface area (TPSA) is 54.1 Å². The van der Waals surface area contributed by atoms with Gasteiger partial charge in [-0.05, 0) is 55.7 Å². The highest BCUT2D eigenvalue weighted by Gasteiger charge is 2.32. The monoisotopic (exact) mass is 354 g/mol. The lowest BCUT2D eigenvalue weighted by Gasteiger charge is -2.23. The molecule has 0 unspecified atom stereocenters. The molecular weight excluding hydrogens is 331 g/mol. The summed E-state index contributed by atoms with van der Waals surface area (Å²) >= 11 is 0. The van der Waals surface area contributed by atoms with Gasteiger partial charge in [0.2, 0.25) is 5.91 Å². The van der Waals surface area contributed by atoms with Gasteiger partial charge in [-0.2, -0.15) is 0 Å². The third-order valence-electron chi connectivity index (χ3n) is 4.77. The first kappa shape index (κ1) is 18.0. The number of carbonyl (C=O) groups is 1. The first-order chi connectivity index (χ1) is 12.4. The summed E-state index contributed by atoms with van der Waals surface area (Å²) in [4.78, 5) is 16.0. The van der Waals surface area contributed by atoms with Crippen LogP contribution in [-0.4, -0.2) is 24.5 Å². The van der Waals surface area contributed by atoms with E-state index < -0.39 is 5.41 Å². The van der Waals surface area contributed by atoms with Gasteiger partial charge in [0.1, 0.15) is 11.6 Å². The molecule has 26 heavy (non-hydrogen) atoms. The Hall–Kier alpha value is -2.82. The van der Waals surface area contributed by atoms with Crippen molar-refractivity contribution in [2.24, 2.45) is 0 Å². The quantitative estimate of drug-likeness (QED) is 0.704. The van der Waals surface area contributed by atoms with Crippen LogP contribution in [0.2, 0.25) is 0 Å². The molecule has 1 heterocycles. The SMILES string of the molecule is COc1ccc2[nH]cc(C(C)(C)C(=O)NCCc3ccccc3F)c2c1. The Kier molecular flexibility index (Phi) is 4.98. The number of hydrogen-bond donors (Lipinski definition) is 2. The van der Waals surface area contributed by atoms with Crippen LogP contribution in [0.25, 0.3) is 10.9 Å². The average Bonchev–Trinajstić information content (AvgIpc) is 3.06. The number of hydrogen-bond acceptors (Lipinski definition) is 2. The largest absolute Gasteiger partial charge is 0.497 e. The number of fused-ring (bicyclic) bond motifs is 1. The Morgan fingerprint density at radius 2 is 2.00 bits per heavy atom. The van der Waals surface area contributed by atoms with Gasteiger partial charge in [-0.3, -0.25) is 4.79 Å². The predicted octanol–water partition coefficient (Wildman–Crippen LogP) is 3.95. The fourth-order valence-corrected chi connectivity index (χ4v) is 3.10. The number of rotatable bonds is 6. The van der Waals surface area contributed by atoms with E-state index in [0.717, 1.165) is 22.2 Å². The zero-order valence-corrected chi connectivity index (χ0v) is 15.2. The highest BCUT2D eigenvalue weighted by atomic mass is 19.1. The lowest BCUT2D eigenvalue weighted by Crippen LogP contribution is -2.40. The van der Waals surface area contributed by atoms with Crippen molar-refractivity contribution >= 4 is 16.8 Å². The summed E-state index contributed by atoms with van der Waals surface area (Å²) in [6.45, 7) is 4.15. The molecule has 136 valence electrons. The Bertz CT molecular complexity index is 931. The third kappa shape index (κ3) is 3.43. The van der Waals surface area contributed by atoms with E-state index in [1.807, 2.05) is 38.2 Å². The average molecular weight is 354 g/mol. The standard InChI is InChI=1S/C21H23FN2O2/c1-21(2,17-13-24-19-9-8-15(26-3)12-16(17)19)20(25)23-11-10-14-6-4-5-7-18(14)22/h4-9,12-13,24H,10-11H2,1-3H3,(H,23,25). The molecule has 0 spiro atoms. The minimum atomic E-state index is -0.736. The van der Waals surface area contributed by atoms with E-state index in [4.69, 9.17) is 4.74 Å². The lowest BCUT2D eigenvalue weighted by molar-refractivity contribution is -0.125. The van der Waals surface area contributed by atoms with Gasteiger partial charge in [-0.15, -0.1) is 0 Å². The van der Waals surface area contributed by atoms with Crippen LogP contribution >= 0.6 is 0 Å². The maximum atomic E-state index is 13.7. The Balaban J connectivity index is 1.75. The van der Waals surface area contributed by atoms with Gasteiger partial charge in [0, 0.05) is 23.6 Å². The van der Waals surface area contributed by atoms with Crippen LogP contribution in [0.1, 0.15) is 25.0 Å². The lowest BCUT2D eigenvalue weighted by atomic mass is 9.83. The van der Waals surface area contributed by atoms with Crippen molar-refractivity contribution in [1.29, 1.82) is 0 Å². The number of benzene rings is 2. The Labute approximate surface area is 152 Å². The normalized spacial score (nSPS) is 11.5. The van der Waals surface area contributed by atoms with Crippen molar-refractivity contribution in [3.63, 3.8) is 0 Å². The van der Waals surface area contributed by atoms with Crippen LogP contribution < -0.4 is 10.1 Å². The molecule has 0 aliphatic heterocycles. The van der Waals surface area contributed by atoms with E-state index in [1.54, 1.807) is 25.3 Å². The van der Waals surface area contributed by atoms with E-state index >= 15 is 0 Å². The molecule has 1 aromatic heterocycles. The van der Waals surface area contributed by atoms with Crippen molar-refractivity contribution in [2.45, 2.75) is 25.7 Å². The van der Waals surface area contributed by atoms with Crippen LogP contribution in [0, 0.1) is 5.82 Å². The summed E-state index contributed by atoms with van der Waals surface area (Å²) in [5.41, 5.74) is 1.71. The molecule has 1 amide bonds. The summed E-state index contributed by atoms with van der Waals surface area (Å²) in [6.07, 6.45) is 2.32. The third-order valence-corrected chi connectivity index (χ3v) is 4.77. The number of carbonyl (C=O) groups excluding carboxylic acids is 1. The molecule has 0 fully saturated rings. The molecule has 4 nitrogen and oxygen atoms in total. The maximum absolute atomic E-state index is 13.7. The molecule has 3 aromatic rings. The predicted molar refractivity (Wildman–Crippen MR) is 101 cm³/mol. The molecule has 0 aliphatic carbocycles. The van der Waals surface area contributed by atoms with Gasteiger partial charge in [-0.25, -0.2) is 4.39 Å². The van der Waals surface area contributed by atoms with Gasteiger partial charge in [-0.1, -0.05) is 18.2 Å². The molecule has 0 atom stereocenters. The molecule has 2 N–H and O–H groups in total. The van der Waals surface area contributed by atoms with E-state index in [9.17, 15) is 9.18 Å². The molecule has 3 rings (SSSR count). The molecule has 0 aliphatic rings. The summed E-state index contributed by atoms with van der Waals surface area (Å²) in [5, 5.41) is 3.89. The number of amides is 1. The Morgan fingerprint density at radius 1 is 1.23 bits per heavy atom. The first-order valence-corrected chi connectivity index (χ1v) is 8.61. The van der Waals surface area contributed by atoms with E-state index in [-0.39, 0.29) is 11.7 Å². The van der Waals surface area contributed by atoms with Gasteiger partial charge >= 0.3 is 0 Å². The van der Waals surface area contributed by atoms with Crippen molar-refractivity contribution in [1.82, 2.24) is 10.3 Å². The van der Waals surface area contributed by atoms with Crippen LogP contribution in [0.15, 0.2) is 48.7 Å².